The number of carbonyl (C=O) groups is 1. The minimum Gasteiger partial charge on any atom is -0.497 e. The molecule has 0 N–H and O–H groups in total. The average molecular weight is 478 g/mol. The maximum absolute atomic E-state index is 12.9. The molecule has 4 rings (SSSR count). The summed E-state index contributed by atoms with van der Waals surface area (Å²) in [6.45, 7) is 6.80. The maximum Gasteiger partial charge on any atom is 0.233 e. The van der Waals surface area contributed by atoms with Crippen LogP contribution in [-0.4, -0.2) is 66.4 Å². The van der Waals surface area contributed by atoms with Gasteiger partial charge in [0.1, 0.15) is 10.8 Å². The average Bonchev–Trinajstić information content (AvgIpc) is 2.91. The van der Waals surface area contributed by atoms with Gasteiger partial charge in [-0.1, -0.05) is 42.1 Å². The number of amides is 1. The molecule has 34 heavy (non-hydrogen) atoms. The highest BCUT2D eigenvalue weighted by Gasteiger charge is 2.22. The van der Waals surface area contributed by atoms with Crippen molar-refractivity contribution in [2.45, 2.75) is 18.5 Å². The van der Waals surface area contributed by atoms with Crippen molar-refractivity contribution in [3.05, 3.63) is 72.6 Å². The van der Waals surface area contributed by atoms with Crippen molar-refractivity contribution in [1.29, 1.82) is 0 Å². The second-order valence-electron chi connectivity index (χ2n) is 8.04. The van der Waals surface area contributed by atoms with E-state index < -0.39 is 0 Å². The summed E-state index contributed by atoms with van der Waals surface area (Å²) in [6.07, 6.45) is 3.43. The molecule has 1 saturated heterocycles. The fourth-order valence-corrected chi connectivity index (χ4v) is 4.90. The number of carbonyl (C=O) groups excluding carboxylic acids is 1. The lowest BCUT2D eigenvalue weighted by atomic mass is 10.2. The number of thioether (sulfide) groups is 1. The van der Waals surface area contributed by atoms with Crippen molar-refractivity contribution in [1.82, 2.24) is 14.9 Å². The van der Waals surface area contributed by atoms with E-state index in [9.17, 15) is 4.79 Å². The van der Waals surface area contributed by atoms with Crippen LogP contribution in [0.5, 0.6) is 5.75 Å². The quantitative estimate of drug-likeness (QED) is 0.433. The van der Waals surface area contributed by atoms with Crippen LogP contribution in [-0.2, 0) is 11.3 Å². The first-order chi connectivity index (χ1) is 16.7. The molecule has 0 bridgehead atoms. The van der Waals surface area contributed by atoms with Crippen LogP contribution in [0, 0.1) is 0 Å². The molecule has 1 aliphatic rings. The Morgan fingerprint density at radius 2 is 1.65 bits per heavy atom. The van der Waals surface area contributed by atoms with Gasteiger partial charge in [0.05, 0.1) is 12.9 Å². The molecule has 1 aromatic heterocycles. The Balaban J connectivity index is 1.35. The van der Waals surface area contributed by atoms with Crippen molar-refractivity contribution in [3.63, 3.8) is 0 Å². The van der Waals surface area contributed by atoms with E-state index in [1.807, 2.05) is 42.2 Å². The van der Waals surface area contributed by atoms with Gasteiger partial charge < -0.3 is 19.4 Å². The molecule has 1 amide bonds. The number of hydrogen-bond acceptors (Lipinski definition) is 7. The SMILES string of the molecule is CCN(Cc1ccccc1)C(=O)CSc1nccnc1N1CCN(c2ccc(OC)cc2)CC1. The van der Waals surface area contributed by atoms with E-state index in [2.05, 4.69) is 44.0 Å². The van der Waals surface area contributed by atoms with Gasteiger partial charge in [0.15, 0.2) is 5.82 Å². The van der Waals surface area contributed by atoms with Crippen LogP contribution < -0.4 is 14.5 Å². The summed E-state index contributed by atoms with van der Waals surface area (Å²) < 4.78 is 5.26. The highest BCUT2D eigenvalue weighted by atomic mass is 32.2. The van der Waals surface area contributed by atoms with Gasteiger partial charge in [-0.3, -0.25) is 4.79 Å². The Labute approximate surface area is 205 Å². The molecule has 0 saturated carbocycles. The largest absolute Gasteiger partial charge is 0.497 e. The molecule has 0 radical (unpaired) electrons. The third-order valence-electron chi connectivity index (χ3n) is 5.95. The van der Waals surface area contributed by atoms with Crippen molar-refractivity contribution in [3.8, 4) is 5.75 Å². The Hall–Kier alpha value is -3.26. The Morgan fingerprint density at radius 3 is 2.32 bits per heavy atom. The fraction of sp³-hybridized carbons (Fsp3) is 0.346. The molecule has 0 atom stereocenters. The molecule has 0 spiro atoms. The minimum absolute atomic E-state index is 0.109. The summed E-state index contributed by atoms with van der Waals surface area (Å²) in [5.74, 6) is 2.18. The normalized spacial score (nSPS) is 13.6. The summed E-state index contributed by atoms with van der Waals surface area (Å²) in [7, 11) is 1.68. The predicted octanol–water partition coefficient (Wildman–Crippen LogP) is 3.95. The first kappa shape index (κ1) is 23.9. The number of anilines is 2. The van der Waals surface area contributed by atoms with Crippen LogP contribution in [0.2, 0.25) is 0 Å². The first-order valence-electron chi connectivity index (χ1n) is 11.6. The molecular weight excluding hydrogens is 446 g/mol. The molecule has 2 heterocycles. The number of methoxy groups -OCH3 is 1. The number of piperazine rings is 1. The van der Waals surface area contributed by atoms with E-state index in [-0.39, 0.29) is 5.91 Å². The summed E-state index contributed by atoms with van der Waals surface area (Å²) >= 11 is 1.47. The maximum atomic E-state index is 12.9. The van der Waals surface area contributed by atoms with Crippen LogP contribution in [0.4, 0.5) is 11.5 Å². The Bertz CT molecular complexity index is 1060. The van der Waals surface area contributed by atoms with E-state index in [4.69, 9.17) is 4.74 Å². The molecule has 178 valence electrons. The zero-order valence-electron chi connectivity index (χ0n) is 19.8. The third kappa shape index (κ3) is 5.99. The summed E-state index contributed by atoms with van der Waals surface area (Å²) in [4.78, 5) is 28.6. The van der Waals surface area contributed by atoms with Gasteiger partial charge >= 0.3 is 0 Å². The van der Waals surface area contributed by atoms with E-state index in [1.165, 1.54) is 17.4 Å². The highest BCUT2D eigenvalue weighted by molar-refractivity contribution is 8.00. The number of nitrogens with zero attached hydrogens (tertiary/aromatic N) is 5. The van der Waals surface area contributed by atoms with Gasteiger partial charge in [0.25, 0.3) is 0 Å². The molecule has 2 aromatic carbocycles. The summed E-state index contributed by atoms with van der Waals surface area (Å²) in [6, 6.07) is 18.3. The second-order valence-corrected chi connectivity index (χ2v) is 9.00. The monoisotopic (exact) mass is 477 g/mol. The van der Waals surface area contributed by atoms with E-state index in [1.54, 1.807) is 19.5 Å². The van der Waals surface area contributed by atoms with Gasteiger partial charge in [0.2, 0.25) is 5.91 Å². The van der Waals surface area contributed by atoms with Gasteiger partial charge in [-0.05, 0) is 36.8 Å². The third-order valence-corrected chi connectivity index (χ3v) is 6.90. The van der Waals surface area contributed by atoms with Crippen molar-refractivity contribution < 1.29 is 9.53 Å². The van der Waals surface area contributed by atoms with Crippen molar-refractivity contribution >= 4 is 29.2 Å². The van der Waals surface area contributed by atoms with Crippen LogP contribution in [0.15, 0.2) is 72.0 Å². The second kappa shape index (κ2) is 11.7. The van der Waals surface area contributed by atoms with E-state index in [0.717, 1.165) is 48.3 Å². The Kier molecular flexibility index (Phi) is 8.25. The summed E-state index contributed by atoms with van der Waals surface area (Å²) in [5.41, 5.74) is 2.33. The minimum atomic E-state index is 0.109. The zero-order chi connectivity index (χ0) is 23.8. The lowest BCUT2D eigenvalue weighted by Crippen LogP contribution is -2.47. The lowest BCUT2D eigenvalue weighted by Gasteiger charge is -2.37. The number of benzene rings is 2. The molecule has 1 aliphatic heterocycles. The van der Waals surface area contributed by atoms with Gasteiger partial charge in [-0.2, -0.15) is 0 Å². The summed E-state index contributed by atoms with van der Waals surface area (Å²) in [5, 5.41) is 0.810. The number of hydrogen-bond donors (Lipinski definition) is 0. The van der Waals surface area contributed by atoms with Crippen LogP contribution in [0.3, 0.4) is 0 Å². The van der Waals surface area contributed by atoms with Gasteiger partial charge in [0, 0.05) is 57.3 Å². The van der Waals surface area contributed by atoms with Gasteiger partial charge in [-0.15, -0.1) is 0 Å². The lowest BCUT2D eigenvalue weighted by molar-refractivity contribution is -0.128. The molecule has 8 heteroatoms. The smallest absolute Gasteiger partial charge is 0.233 e. The van der Waals surface area contributed by atoms with Crippen molar-refractivity contribution in [2.24, 2.45) is 0 Å². The molecule has 1 fully saturated rings. The number of rotatable bonds is 9. The number of ether oxygens (including phenoxy) is 1. The van der Waals surface area contributed by atoms with E-state index in [0.29, 0.717) is 18.8 Å². The molecule has 0 unspecified atom stereocenters. The van der Waals surface area contributed by atoms with Crippen LogP contribution in [0.25, 0.3) is 0 Å². The zero-order valence-corrected chi connectivity index (χ0v) is 20.6. The van der Waals surface area contributed by atoms with Crippen LogP contribution >= 0.6 is 11.8 Å². The van der Waals surface area contributed by atoms with Gasteiger partial charge in [-0.25, -0.2) is 9.97 Å². The fourth-order valence-electron chi connectivity index (χ4n) is 4.01. The first-order valence-corrected chi connectivity index (χ1v) is 12.6. The topological polar surface area (TPSA) is 61.8 Å². The number of aromatic nitrogens is 2. The predicted molar refractivity (Wildman–Crippen MR) is 138 cm³/mol. The molecule has 0 aliphatic carbocycles. The Morgan fingerprint density at radius 1 is 0.971 bits per heavy atom. The molecule has 7 nitrogen and oxygen atoms in total. The van der Waals surface area contributed by atoms with Crippen LogP contribution in [0.1, 0.15) is 12.5 Å². The molecule has 3 aromatic rings. The van der Waals surface area contributed by atoms with E-state index >= 15 is 0 Å². The highest BCUT2D eigenvalue weighted by Crippen LogP contribution is 2.28. The molecular formula is C26H31N5O2S. The van der Waals surface area contributed by atoms with Crippen molar-refractivity contribution in [2.75, 3.05) is 55.4 Å². The standard InChI is InChI=1S/C26H31N5O2S/c1-3-29(19-21-7-5-4-6-8-21)24(32)20-34-26-25(27-13-14-28-26)31-17-15-30(16-18-31)22-9-11-23(33-2)12-10-22/h4-14H,3,15-20H2,1-2H3.